The number of thiophene rings is 1. The molecular formula is C13H21N3O4S. The minimum Gasteiger partial charge on any atom is -0.492 e. The van der Waals surface area contributed by atoms with Gasteiger partial charge in [0.25, 0.3) is 5.91 Å². The van der Waals surface area contributed by atoms with Crippen molar-refractivity contribution in [2.75, 3.05) is 52.1 Å². The van der Waals surface area contributed by atoms with Crippen LogP contribution in [0, 0.1) is 0 Å². The van der Waals surface area contributed by atoms with E-state index >= 15 is 0 Å². The van der Waals surface area contributed by atoms with E-state index in [9.17, 15) is 4.79 Å². The van der Waals surface area contributed by atoms with E-state index in [1.54, 1.807) is 28.4 Å². The number of hydrogen-bond donors (Lipinski definition) is 2. The first-order valence-electron chi connectivity index (χ1n) is 6.56. The van der Waals surface area contributed by atoms with E-state index in [4.69, 9.17) is 19.9 Å². The topological polar surface area (TPSA) is 86.1 Å². The first-order valence-corrected chi connectivity index (χ1v) is 7.37. The molecule has 1 aromatic rings. The maximum Gasteiger partial charge on any atom is 0.263 e. The number of amides is 1. The number of nitrogens with zero attached hydrogens (tertiary/aromatic N) is 1. The second-order valence-corrected chi connectivity index (χ2v) is 5.71. The summed E-state index contributed by atoms with van der Waals surface area (Å²) in [5, 5.41) is 3.41. The van der Waals surface area contributed by atoms with Crippen molar-refractivity contribution in [3.05, 3.63) is 4.88 Å². The predicted molar refractivity (Wildman–Crippen MR) is 82.5 cm³/mol. The van der Waals surface area contributed by atoms with Gasteiger partial charge in [0, 0.05) is 34.4 Å². The average molecular weight is 315 g/mol. The summed E-state index contributed by atoms with van der Waals surface area (Å²) in [5.41, 5.74) is 6.40. The normalized spacial score (nSPS) is 21.6. The van der Waals surface area contributed by atoms with E-state index in [0.29, 0.717) is 29.4 Å². The van der Waals surface area contributed by atoms with Gasteiger partial charge in [-0.2, -0.15) is 0 Å². The molecule has 1 fully saturated rings. The molecule has 1 aliphatic rings. The summed E-state index contributed by atoms with van der Waals surface area (Å²) in [4.78, 5) is 14.4. The average Bonchev–Trinajstić information content (AvgIpc) is 3.06. The fourth-order valence-corrected chi connectivity index (χ4v) is 3.62. The fourth-order valence-electron chi connectivity index (χ4n) is 2.47. The molecule has 118 valence electrons. The predicted octanol–water partition coefficient (Wildman–Crippen LogP) is 0.548. The quantitative estimate of drug-likeness (QED) is 0.825. The van der Waals surface area contributed by atoms with Gasteiger partial charge in [-0.1, -0.05) is 0 Å². The Morgan fingerprint density at radius 2 is 1.86 bits per heavy atom. The second kappa shape index (κ2) is 6.50. The number of nitrogens with two attached hydrogens (primary N) is 1. The van der Waals surface area contributed by atoms with Gasteiger partial charge in [-0.05, 0) is 0 Å². The number of carbonyl (C=O) groups excluding carboxylic acids is 1. The number of anilines is 2. The molecular weight excluding hydrogens is 294 g/mol. The molecule has 7 nitrogen and oxygen atoms in total. The first kappa shape index (κ1) is 15.9. The van der Waals surface area contributed by atoms with Crippen molar-refractivity contribution < 1.29 is 19.0 Å². The molecule has 2 atom stereocenters. The second-order valence-electron chi connectivity index (χ2n) is 4.72. The number of nitrogen functional groups attached to an aromatic ring is 1. The van der Waals surface area contributed by atoms with Crippen LogP contribution in [-0.2, 0) is 9.47 Å². The van der Waals surface area contributed by atoms with Crippen LogP contribution < -0.4 is 20.7 Å². The van der Waals surface area contributed by atoms with Gasteiger partial charge in [-0.3, -0.25) is 4.79 Å². The first-order chi connectivity index (χ1) is 10.1. The van der Waals surface area contributed by atoms with E-state index < -0.39 is 0 Å². The van der Waals surface area contributed by atoms with E-state index in [1.807, 2.05) is 0 Å². The Morgan fingerprint density at radius 3 is 2.29 bits per heavy atom. The van der Waals surface area contributed by atoms with Gasteiger partial charge in [0.1, 0.15) is 27.8 Å². The van der Waals surface area contributed by atoms with Crippen LogP contribution in [0.1, 0.15) is 9.67 Å². The highest BCUT2D eigenvalue weighted by Crippen LogP contribution is 2.45. The Morgan fingerprint density at radius 1 is 1.29 bits per heavy atom. The highest BCUT2D eigenvalue weighted by atomic mass is 32.1. The summed E-state index contributed by atoms with van der Waals surface area (Å²) in [5.74, 6) is 0.318. The van der Waals surface area contributed by atoms with Crippen LogP contribution in [0.2, 0.25) is 0 Å². The Hall–Kier alpha value is -1.51. The molecule has 3 N–H and O–H groups in total. The molecule has 1 saturated heterocycles. The molecule has 21 heavy (non-hydrogen) atoms. The van der Waals surface area contributed by atoms with Crippen molar-refractivity contribution in [3.8, 4) is 5.75 Å². The lowest BCUT2D eigenvalue weighted by Gasteiger charge is -2.17. The monoisotopic (exact) mass is 315 g/mol. The molecule has 0 aromatic carbocycles. The lowest BCUT2D eigenvalue weighted by Crippen LogP contribution is -2.27. The Kier molecular flexibility index (Phi) is 4.92. The third kappa shape index (κ3) is 2.78. The van der Waals surface area contributed by atoms with E-state index in [2.05, 4.69) is 10.2 Å². The zero-order valence-corrected chi connectivity index (χ0v) is 13.5. The summed E-state index contributed by atoms with van der Waals surface area (Å²) in [6.07, 6.45) is -0.0436. The maximum absolute atomic E-state index is 11.9. The molecule has 2 heterocycles. The molecule has 0 bridgehead atoms. The molecule has 0 saturated carbocycles. The molecule has 1 aromatic heterocycles. The molecule has 2 rings (SSSR count). The van der Waals surface area contributed by atoms with Crippen LogP contribution in [0.3, 0.4) is 0 Å². The van der Waals surface area contributed by atoms with Gasteiger partial charge >= 0.3 is 0 Å². The summed E-state index contributed by atoms with van der Waals surface area (Å²) in [6, 6.07) is 0. The van der Waals surface area contributed by atoms with Gasteiger partial charge in [0.2, 0.25) is 0 Å². The smallest absolute Gasteiger partial charge is 0.263 e. The number of rotatable bonds is 5. The molecule has 0 spiro atoms. The lowest BCUT2D eigenvalue weighted by molar-refractivity contribution is -0.00461. The molecule has 0 radical (unpaired) electrons. The zero-order valence-electron chi connectivity index (χ0n) is 12.6. The number of methoxy groups -OCH3 is 3. The minimum atomic E-state index is -0.215. The van der Waals surface area contributed by atoms with Gasteiger partial charge < -0.3 is 30.2 Å². The summed E-state index contributed by atoms with van der Waals surface area (Å²) >= 11 is 1.32. The maximum atomic E-state index is 11.9. The van der Waals surface area contributed by atoms with Gasteiger partial charge in [-0.25, -0.2) is 0 Å². The third-order valence-electron chi connectivity index (χ3n) is 3.63. The molecule has 8 heteroatoms. The highest BCUT2D eigenvalue weighted by molar-refractivity contribution is 7.19. The number of nitrogens with one attached hydrogen (secondary N) is 1. The molecule has 2 unspecified atom stereocenters. The van der Waals surface area contributed by atoms with E-state index in [1.165, 1.54) is 11.3 Å². The van der Waals surface area contributed by atoms with Crippen molar-refractivity contribution in [1.82, 2.24) is 5.32 Å². The number of ether oxygens (including phenoxy) is 3. The fraction of sp³-hybridized carbons (Fsp3) is 0.615. The Labute approximate surface area is 128 Å². The van der Waals surface area contributed by atoms with Crippen LogP contribution >= 0.6 is 11.3 Å². The van der Waals surface area contributed by atoms with Crippen LogP contribution in [0.25, 0.3) is 0 Å². The number of hydrogen-bond acceptors (Lipinski definition) is 7. The van der Waals surface area contributed by atoms with Gasteiger partial charge in [0.15, 0.2) is 5.75 Å². The van der Waals surface area contributed by atoms with Crippen LogP contribution in [-0.4, -0.2) is 59.6 Å². The highest BCUT2D eigenvalue weighted by Gasteiger charge is 2.36. The van der Waals surface area contributed by atoms with Crippen molar-refractivity contribution in [2.24, 2.45) is 0 Å². The van der Waals surface area contributed by atoms with Gasteiger partial charge in [-0.15, -0.1) is 11.3 Å². The van der Waals surface area contributed by atoms with Crippen LogP contribution in [0.4, 0.5) is 10.7 Å². The van der Waals surface area contributed by atoms with Gasteiger partial charge in [0.05, 0.1) is 7.11 Å². The van der Waals surface area contributed by atoms with Crippen molar-refractivity contribution in [2.45, 2.75) is 12.2 Å². The van der Waals surface area contributed by atoms with Crippen molar-refractivity contribution in [1.29, 1.82) is 0 Å². The third-order valence-corrected chi connectivity index (χ3v) is 4.87. The van der Waals surface area contributed by atoms with Crippen molar-refractivity contribution >= 4 is 27.9 Å². The molecule has 1 amide bonds. The lowest BCUT2D eigenvalue weighted by atomic mass is 10.3. The Balaban J connectivity index is 2.34. The summed E-state index contributed by atoms with van der Waals surface area (Å²) in [6.45, 7) is 1.33. The largest absolute Gasteiger partial charge is 0.492 e. The van der Waals surface area contributed by atoms with Crippen LogP contribution in [0.15, 0.2) is 0 Å². The Bertz CT molecular complexity index is 508. The van der Waals surface area contributed by atoms with Crippen molar-refractivity contribution in [3.63, 3.8) is 0 Å². The van der Waals surface area contributed by atoms with E-state index in [-0.39, 0.29) is 18.1 Å². The standard InChI is InChI=1S/C13H21N3O4S/c1-15-12(17)11-9(14)10(20-4)13(21-11)16-5-7(18-2)8(6-16)19-3/h7-8H,5-6,14H2,1-4H3,(H,15,17). The summed E-state index contributed by atoms with van der Waals surface area (Å²) < 4.78 is 16.2. The molecule has 0 aliphatic carbocycles. The van der Waals surface area contributed by atoms with E-state index in [0.717, 1.165) is 5.00 Å². The minimum absolute atomic E-state index is 0.0218. The number of carbonyl (C=O) groups is 1. The van der Waals surface area contributed by atoms with Crippen LogP contribution in [0.5, 0.6) is 5.75 Å². The SMILES string of the molecule is CNC(=O)c1sc(N2CC(OC)C(OC)C2)c(OC)c1N. The summed E-state index contributed by atoms with van der Waals surface area (Å²) in [7, 11) is 6.45. The zero-order chi connectivity index (χ0) is 15.6. The molecule has 1 aliphatic heterocycles.